The molecule has 98 valence electrons. The number of hydrogen-bond donors (Lipinski definition) is 1. The van der Waals surface area contributed by atoms with Gasteiger partial charge in [0.25, 0.3) is 0 Å². The van der Waals surface area contributed by atoms with Crippen LogP contribution in [0.25, 0.3) is 0 Å². The van der Waals surface area contributed by atoms with Crippen molar-refractivity contribution in [2.24, 2.45) is 0 Å². The van der Waals surface area contributed by atoms with Crippen molar-refractivity contribution >= 4 is 47.0 Å². The van der Waals surface area contributed by atoms with Gasteiger partial charge < -0.3 is 4.74 Å². The predicted molar refractivity (Wildman–Crippen MR) is 72.4 cm³/mol. The Bertz CT molecular complexity index is 454. The molecule has 0 heterocycles. The third kappa shape index (κ3) is 5.16. The minimum Gasteiger partial charge on any atom is -0.450 e. The van der Waals surface area contributed by atoms with Crippen LogP contribution in [0.5, 0.6) is 0 Å². The number of carbonyl (C=O) groups excluding carboxylic acids is 2. The molecule has 0 atom stereocenters. The fourth-order valence-electron chi connectivity index (χ4n) is 1.05. The summed E-state index contributed by atoms with van der Waals surface area (Å²) in [6.45, 7) is 1.87. The van der Waals surface area contributed by atoms with Crippen molar-refractivity contribution in [1.29, 1.82) is 0 Å². The van der Waals surface area contributed by atoms with Crippen LogP contribution in [0.15, 0.2) is 23.1 Å². The van der Waals surface area contributed by atoms with Crippen LogP contribution >= 0.6 is 35.0 Å². The first-order valence-corrected chi connectivity index (χ1v) is 6.81. The third-order valence-electron chi connectivity index (χ3n) is 1.77. The quantitative estimate of drug-likeness (QED) is 0.867. The molecule has 0 aliphatic rings. The number of alkyl carbamates (subject to hydrolysis) is 1. The van der Waals surface area contributed by atoms with E-state index >= 15 is 0 Å². The highest BCUT2D eigenvalue weighted by molar-refractivity contribution is 8.00. The molecule has 0 aliphatic carbocycles. The van der Waals surface area contributed by atoms with Gasteiger partial charge in [0, 0.05) is 9.92 Å². The average molecular weight is 308 g/mol. The van der Waals surface area contributed by atoms with E-state index in [0.717, 1.165) is 0 Å². The summed E-state index contributed by atoms with van der Waals surface area (Å²) >= 11 is 12.9. The maximum absolute atomic E-state index is 11.4. The Morgan fingerprint density at radius 3 is 2.78 bits per heavy atom. The van der Waals surface area contributed by atoms with Crippen LogP contribution in [0.4, 0.5) is 4.79 Å². The summed E-state index contributed by atoms with van der Waals surface area (Å²) in [7, 11) is 0. The van der Waals surface area contributed by atoms with Crippen molar-refractivity contribution in [3.05, 3.63) is 28.2 Å². The summed E-state index contributed by atoms with van der Waals surface area (Å²) in [5.74, 6) is -0.395. The topological polar surface area (TPSA) is 55.4 Å². The van der Waals surface area contributed by atoms with Gasteiger partial charge >= 0.3 is 6.09 Å². The molecule has 1 aromatic carbocycles. The maximum atomic E-state index is 11.4. The second-order valence-electron chi connectivity index (χ2n) is 3.13. The van der Waals surface area contributed by atoms with Gasteiger partial charge in [0.15, 0.2) is 0 Å². The Kier molecular flexibility index (Phi) is 6.32. The van der Waals surface area contributed by atoms with Crippen LogP contribution in [0, 0.1) is 0 Å². The smallest absolute Gasteiger partial charge is 0.413 e. The zero-order chi connectivity index (χ0) is 13.5. The van der Waals surface area contributed by atoms with E-state index in [2.05, 4.69) is 10.1 Å². The number of nitrogens with one attached hydrogen (secondary N) is 1. The Hall–Kier alpha value is -0.910. The molecule has 1 aromatic rings. The molecule has 0 unspecified atom stereocenters. The van der Waals surface area contributed by atoms with Crippen molar-refractivity contribution in [3.8, 4) is 0 Å². The van der Waals surface area contributed by atoms with Gasteiger partial charge in [-0.3, -0.25) is 10.1 Å². The van der Waals surface area contributed by atoms with Crippen LogP contribution in [0.3, 0.4) is 0 Å². The molecule has 0 bridgehead atoms. The first-order valence-electron chi connectivity index (χ1n) is 5.07. The molecular formula is C11H11Cl2NO3S. The van der Waals surface area contributed by atoms with Crippen molar-refractivity contribution in [3.63, 3.8) is 0 Å². The molecule has 2 amide bonds. The summed E-state index contributed by atoms with van der Waals surface area (Å²) in [6, 6.07) is 4.97. The first-order chi connectivity index (χ1) is 8.52. The molecule has 7 heteroatoms. The Balaban J connectivity index is 2.47. The molecule has 0 saturated carbocycles. The van der Waals surface area contributed by atoms with Gasteiger partial charge in [-0.2, -0.15) is 0 Å². The van der Waals surface area contributed by atoms with Gasteiger partial charge in [-0.1, -0.05) is 23.2 Å². The standard InChI is InChI=1S/C11H11Cl2NO3S/c1-2-17-11(16)14-10(15)6-18-9-5-7(12)3-4-8(9)13/h3-5H,2,6H2,1H3,(H,14,15,16). The SMILES string of the molecule is CCOC(=O)NC(=O)CSc1cc(Cl)ccc1Cl. The third-order valence-corrected chi connectivity index (χ3v) is 3.50. The Morgan fingerprint density at radius 1 is 1.39 bits per heavy atom. The lowest BCUT2D eigenvalue weighted by Crippen LogP contribution is -2.32. The zero-order valence-corrected chi connectivity index (χ0v) is 11.9. The van der Waals surface area contributed by atoms with E-state index in [-0.39, 0.29) is 12.4 Å². The van der Waals surface area contributed by atoms with Gasteiger partial charge in [0.2, 0.25) is 5.91 Å². The summed E-state index contributed by atoms with van der Waals surface area (Å²) in [6.07, 6.45) is -0.750. The van der Waals surface area contributed by atoms with Crippen LogP contribution in [-0.2, 0) is 9.53 Å². The van der Waals surface area contributed by atoms with Crippen molar-refractivity contribution in [1.82, 2.24) is 5.32 Å². The monoisotopic (exact) mass is 307 g/mol. The number of amides is 2. The number of ether oxygens (including phenoxy) is 1. The normalized spacial score (nSPS) is 9.94. The van der Waals surface area contributed by atoms with Gasteiger partial charge in [0.05, 0.1) is 17.4 Å². The summed E-state index contributed by atoms with van der Waals surface area (Å²) in [5, 5.41) is 3.13. The minimum atomic E-state index is -0.750. The molecule has 1 rings (SSSR count). The van der Waals surface area contributed by atoms with Gasteiger partial charge in [0.1, 0.15) is 0 Å². The summed E-state index contributed by atoms with van der Waals surface area (Å²) < 4.78 is 4.58. The first kappa shape index (κ1) is 15.1. The van der Waals surface area contributed by atoms with E-state index in [4.69, 9.17) is 23.2 Å². The number of rotatable bonds is 4. The number of thioether (sulfide) groups is 1. The highest BCUT2D eigenvalue weighted by atomic mass is 35.5. The van der Waals surface area contributed by atoms with E-state index in [9.17, 15) is 9.59 Å². The van der Waals surface area contributed by atoms with E-state index in [0.29, 0.717) is 14.9 Å². The van der Waals surface area contributed by atoms with Crippen LogP contribution in [0.1, 0.15) is 6.92 Å². The second kappa shape index (κ2) is 7.51. The molecule has 0 fully saturated rings. The molecule has 4 nitrogen and oxygen atoms in total. The molecule has 0 saturated heterocycles. The maximum Gasteiger partial charge on any atom is 0.413 e. The fourth-order valence-corrected chi connectivity index (χ4v) is 2.34. The lowest BCUT2D eigenvalue weighted by atomic mass is 10.4. The highest BCUT2D eigenvalue weighted by Gasteiger charge is 2.10. The number of carbonyl (C=O) groups is 2. The van der Waals surface area contributed by atoms with E-state index in [1.54, 1.807) is 25.1 Å². The van der Waals surface area contributed by atoms with Crippen LogP contribution < -0.4 is 5.32 Å². The van der Waals surface area contributed by atoms with E-state index < -0.39 is 12.0 Å². The van der Waals surface area contributed by atoms with Gasteiger partial charge in [-0.25, -0.2) is 4.79 Å². The second-order valence-corrected chi connectivity index (χ2v) is 4.99. The minimum absolute atomic E-state index is 0.0544. The van der Waals surface area contributed by atoms with Crippen LogP contribution in [0.2, 0.25) is 10.0 Å². The van der Waals surface area contributed by atoms with E-state index in [1.165, 1.54) is 11.8 Å². The van der Waals surface area contributed by atoms with Gasteiger partial charge in [-0.05, 0) is 25.1 Å². The van der Waals surface area contributed by atoms with Crippen molar-refractivity contribution in [2.75, 3.05) is 12.4 Å². The predicted octanol–water partition coefficient (Wildman–Crippen LogP) is 3.36. The Morgan fingerprint density at radius 2 is 2.11 bits per heavy atom. The number of benzene rings is 1. The average Bonchev–Trinajstić information content (AvgIpc) is 2.30. The summed E-state index contributed by atoms with van der Waals surface area (Å²) in [5.41, 5.74) is 0. The van der Waals surface area contributed by atoms with Crippen molar-refractivity contribution in [2.45, 2.75) is 11.8 Å². The molecular weight excluding hydrogens is 297 g/mol. The van der Waals surface area contributed by atoms with Crippen LogP contribution in [-0.4, -0.2) is 24.4 Å². The van der Waals surface area contributed by atoms with E-state index in [1.807, 2.05) is 0 Å². The number of imide groups is 1. The van der Waals surface area contributed by atoms with Gasteiger partial charge in [-0.15, -0.1) is 11.8 Å². The summed E-state index contributed by atoms with van der Waals surface area (Å²) in [4.78, 5) is 23.0. The molecule has 0 aromatic heterocycles. The fraction of sp³-hybridized carbons (Fsp3) is 0.273. The molecule has 0 radical (unpaired) electrons. The molecule has 1 N–H and O–H groups in total. The molecule has 0 aliphatic heterocycles. The number of hydrogen-bond acceptors (Lipinski definition) is 4. The highest BCUT2D eigenvalue weighted by Crippen LogP contribution is 2.29. The largest absolute Gasteiger partial charge is 0.450 e. The van der Waals surface area contributed by atoms with Crippen molar-refractivity contribution < 1.29 is 14.3 Å². The Labute approximate surface area is 119 Å². The molecule has 18 heavy (non-hydrogen) atoms. The lowest BCUT2D eigenvalue weighted by molar-refractivity contribution is -0.117. The number of halogens is 2. The zero-order valence-electron chi connectivity index (χ0n) is 9.54. The lowest BCUT2D eigenvalue weighted by Gasteiger charge is -2.05. The molecule has 0 spiro atoms.